The van der Waals surface area contributed by atoms with E-state index in [1.165, 1.54) is 36.3 Å². The summed E-state index contributed by atoms with van der Waals surface area (Å²) in [5.74, 6) is 0.435. The average Bonchev–Trinajstić information content (AvgIpc) is 2.97. The zero-order valence-corrected chi connectivity index (χ0v) is 13.4. The Morgan fingerprint density at radius 1 is 1.19 bits per heavy atom. The van der Waals surface area contributed by atoms with E-state index in [4.69, 9.17) is 5.73 Å². The van der Waals surface area contributed by atoms with Gasteiger partial charge in [0.25, 0.3) is 0 Å². The minimum atomic E-state index is 0.0825. The monoisotopic (exact) mass is 307 g/mol. The third-order valence-corrected chi connectivity index (χ3v) is 5.83. The number of aryl methyl sites for hydroxylation is 2. The highest BCUT2D eigenvalue weighted by atomic mass is 32.1. The molecule has 0 bridgehead atoms. The highest BCUT2D eigenvalue weighted by Gasteiger charge is 2.26. The number of thiazole rings is 1. The summed E-state index contributed by atoms with van der Waals surface area (Å²) in [6.07, 6.45) is 11.1. The van der Waals surface area contributed by atoms with Gasteiger partial charge in [-0.25, -0.2) is 4.98 Å². The molecule has 1 aromatic heterocycles. The lowest BCUT2D eigenvalue weighted by Gasteiger charge is -2.13. The maximum Gasteiger partial charge on any atom is 0.226 e. The Labute approximate surface area is 130 Å². The minimum Gasteiger partial charge on any atom is -0.327 e. The Morgan fingerprint density at radius 2 is 2.00 bits per heavy atom. The van der Waals surface area contributed by atoms with E-state index in [9.17, 15) is 4.79 Å². The number of hydrogen-bond donors (Lipinski definition) is 2. The molecule has 2 aliphatic rings. The summed E-state index contributed by atoms with van der Waals surface area (Å²) in [4.78, 5) is 18.2. The summed E-state index contributed by atoms with van der Waals surface area (Å²) in [7, 11) is 0. The maximum atomic E-state index is 12.2. The zero-order chi connectivity index (χ0) is 14.7. The topological polar surface area (TPSA) is 68.0 Å². The van der Waals surface area contributed by atoms with Crippen LogP contribution in [0.5, 0.6) is 0 Å². The van der Waals surface area contributed by atoms with Gasteiger partial charge in [-0.05, 0) is 44.4 Å². The van der Waals surface area contributed by atoms with Crippen molar-refractivity contribution >= 4 is 22.4 Å². The Morgan fingerprint density at radius 3 is 2.76 bits per heavy atom. The predicted molar refractivity (Wildman–Crippen MR) is 86.6 cm³/mol. The van der Waals surface area contributed by atoms with Gasteiger partial charge in [0.1, 0.15) is 0 Å². The van der Waals surface area contributed by atoms with E-state index in [1.54, 1.807) is 11.3 Å². The molecule has 21 heavy (non-hydrogen) atoms. The third-order valence-electron chi connectivity index (χ3n) is 4.76. The van der Waals surface area contributed by atoms with Gasteiger partial charge in [0.2, 0.25) is 5.91 Å². The van der Waals surface area contributed by atoms with Gasteiger partial charge >= 0.3 is 0 Å². The SMILES string of the molecule is N[C@@H]1CCC[C@H]1CC(=O)Nc1nc2c(s1)CCCCCC2. The first-order valence-electron chi connectivity index (χ1n) is 8.26. The number of anilines is 1. The molecule has 0 radical (unpaired) electrons. The molecule has 1 saturated carbocycles. The second-order valence-electron chi connectivity index (χ2n) is 6.41. The van der Waals surface area contributed by atoms with Gasteiger partial charge in [-0.3, -0.25) is 4.79 Å². The van der Waals surface area contributed by atoms with Crippen molar-refractivity contribution in [1.29, 1.82) is 0 Å². The maximum absolute atomic E-state index is 12.2. The Balaban J connectivity index is 1.59. The summed E-state index contributed by atoms with van der Waals surface area (Å²) in [5.41, 5.74) is 7.26. The molecule has 0 aliphatic heterocycles. The molecule has 1 aromatic rings. The summed E-state index contributed by atoms with van der Waals surface area (Å²) in [6.45, 7) is 0. The lowest BCUT2D eigenvalue weighted by atomic mass is 10.00. The van der Waals surface area contributed by atoms with Crippen molar-refractivity contribution in [1.82, 2.24) is 4.98 Å². The van der Waals surface area contributed by atoms with Crippen LogP contribution in [-0.2, 0) is 17.6 Å². The van der Waals surface area contributed by atoms with E-state index < -0.39 is 0 Å². The van der Waals surface area contributed by atoms with Crippen molar-refractivity contribution < 1.29 is 4.79 Å². The molecular weight excluding hydrogens is 282 g/mol. The fourth-order valence-electron chi connectivity index (χ4n) is 3.49. The first-order valence-corrected chi connectivity index (χ1v) is 9.08. The van der Waals surface area contributed by atoms with Crippen LogP contribution in [0.2, 0.25) is 0 Å². The molecule has 1 heterocycles. The van der Waals surface area contributed by atoms with Gasteiger partial charge in [0, 0.05) is 17.3 Å². The van der Waals surface area contributed by atoms with Crippen LogP contribution in [0.1, 0.15) is 61.9 Å². The van der Waals surface area contributed by atoms with Gasteiger partial charge in [0.05, 0.1) is 5.69 Å². The average molecular weight is 307 g/mol. The number of rotatable bonds is 3. The number of hydrogen-bond acceptors (Lipinski definition) is 4. The van der Waals surface area contributed by atoms with Crippen molar-refractivity contribution in [3.63, 3.8) is 0 Å². The number of nitrogens with two attached hydrogens (primary N) is 1. The molecule has 116 valence electrons. The second kappa shape index (κ2) is 6.88. The van der Waals surface area contributed by atoms with Crippen molar-refractivity contribution in [3.8, 4) is 0 Å². The largest absolute Gasteiger partial charge is 0.327 e. The van der Waals surface area contributed by atoms with Crippen LogP contribution in [0.3, 0.4) is 0 Å². The Kier molecular flexibility index (Phi) is 4.91. The third kappa shape index (κ3) is 3.83. The molecule has 1 amide bonds. The number of nitrogens with zero attached hydrogens (tertiary/aromatic N) is 1. The van der Waals surface area contributed by atoms with Crippen molar-refractivity contribution in [2.24, 2.45) is 11.7 Å². The summed E-state index contributed by atoms with van der Waals surface area (Å²) in [6, 6.07) is 0.201. The lowest BCUT2D eigenvalue weighted by molar-refractivity contribution is -0.117. The summed E-state index contributed by atoms with van der Waals surface area (Å²) >= 11 is 1.67. The normalized spacial score (nSPS) is 26.0. The quantitative estimate of drug-likeness (QED) is 0.900. The van der Waals surface area contributed by atoms with Gasteiger partial charge in [-0.1, -0.05) is 19.3 Å². The number of carbonyl (C=O) groups is 1. The molecule has 0 unspecified atom stereocenters. The van der Waals surface area contributed by atoms with E-state index in [0.717, 1.165) is 37.2 Å². The van der Waals surface area contributed by atoms with Crippen LogP contribution >= 0.6 is 11.3 Å². The summed E-state index contributed by atoms with van der Waals surface area (Å²) < 4.78 is 0. The van der Waals surface area contributed by atoms with Crippen molar-refractivity contribution in [3.05, 3.63) is 10.6 Å². The number of carbonyl (C=O) groups excluding carboxylic acids is 1. The van der Waals surface area contributed by atoms with E-state index in [2.05, 4.69) is 10.3 Å². The molecule has 0 saturated heterocycles. The van der Waals surface area contributed by atoms with Crippen LogP contribution in [0, 0.1) is 5.92 Å². The zero-order valence-electron chi connectivity index (χ0n) is 12.6. The van der Waals surface area contributed by atoms with Gasteiger partial charge in [-0.2, -0.15) is 0 Å². The summed E-state index contributed by atoms with van der Waals surface area (Å²) in [5, 5.41) is 3.79. The van der Waals surface area contributed by atoms with Crippen LogP contribution in [0.25, 0.3) is 0 Å². The van der Waals surface area contributed by atoms with Crippen molar-refractivity contribution in [2.75, 3.05) is 5.32 Å². The van der Waals surface area contributed by atoms with Crippen LogP contribution in [0.4, 0.5) is 5.13 Å². The van der Waals surface area contributed by atoms with Crippen LogP contribution < -0.4 is 11.1 Å². The van der Waals surface area contributed by atoms with Gasteiger partial charge < -0.3 is 11.1 Å². The fourth-order valence-corrected chi connectivity index (χ4v) is 4.55. The molecular formula is C16H25N3OS. The molecule has 3 N–H and O–H groups in total. The first-order chi connectivity index (χ1) is 10.2. The highest BCUT2D eigenvalue weighted by Crippen LogP contribution is 2.30. The molecule has 0 aromatic carbocycles. The van der Waals surface area contributed by atoms with E-state index in [0.29, 0.717) is 12.3 Å². The number of fused-ring (bicyclic) bond motifs is 1. The molecule has 2 atom stereocenters. The Bertz CT molecular complexity index is 474. The minimum absolute atomic E-state index is 0.0825. The first kappa shape index (κ1) is 15.0. The number of aromatic nitrogens is 1. The fraction of sp³-hybridized carbons (Fsp3) is 0.750. The molecule has 4 nitrogen and oxygen atoms in total. The molecule has 3 rings (SSSR count). The van der Waals surface area contributed by atoms with Gasteiger partial charge in [0.15, 0.2) is 5.13 Å². The van der Waals surface area contributed by atoms with Crippen LogP contribution in [0.15, 0.2) is 0 Å². The van der Waals surface area contributed by atoms with E-state index in [-0.39, 0.29) is 11.9 Å². The molecule has 0 spiro atoms. The Hall–Kier alpha value is -0.940. The molecule has 5 heteroatoms. The van der Waals surface area contributed by atoms with E-state index in [1.807, 2.05) is 0 Å². The highest BCUT2D eigenvalue weighted by molar-refractivity contribution is 7.15. The van der Waals surface area contributed by atoms with Crippen LogP contribution in [-0.4, -0.2) is 16.9 Å². The predicted octanol–water partition coefficient (Wildman–Crippen LogP) is 3.26. The number of nitrogens with one attached hydrogen (secondary N) is 1. The van der Waals surface area contributed by atoms with Gasteiger partial charge in [-0.15, -0.1) is 11.3 Å². The lowest BCUT2D eigenvalue weighted by Crippen LogP contribution is -2.28. The second-order valence-corrected chi connectivity index (χ2v) is 7.49. The molecule has 1 fully saturated rings. The van der Waals surface area contributed by atoms with E-state index >= 15 is 0 Å². The molecule has 2 aliphatic carbocycles. The standard InChI is InChI=1S/C16H25N3OS/c17-12-7-5-6-11(12)10-15(20)19-16-18-13-8-3-1-2-4-9-14(13)21-16/h11-12H,1-10,17H2,(H,18,19,20)/t11-,12+/m0/s1. The smallest absolute Gasteiger partial charge is 0.226 e. The van der Waals surface area contributed by atoms with Crippen molar-refractivity contribution in [2.45, 2.75) is 70.3 Å². The number of amides is 1.